The van der Waals surface area contributed by atoms with E-state index in [0.717, 1.165) is 4.31 Å². The lowest BCUT2D eigenvalue weighted by Crippen LogP contribution is -2.29. The van der Waals surface area contributed by atoms with Crippen LogP contribution in [0.5, 0.6) is 5.75 Å². The second kappa shape index (κ2) is 5.85. The smallest absolute Gasteiger partial charge is 0.243 e. The minimum atomic E-state index is -3.87. The van der Waals surface area contributed by atoms with Gasteiger partial charge in [0.2, 0.25) is 10.0 Å². The first kappa shape index (κ1) is 15.5. The number of ether oxygens (including phenoxy) is 1. The summed E-state index contributed by atoms with van der Waals surface area (Å²) in [6.45, 7) is 1.49. The van der Waals surface area contributed by atoms with Crippen LogP contribution in [-0.4, -0.2) is 49.8 Å². The third-order valence-electron chi connectivity index (χ3n) is 3.03. The van der Waals surface area contributed by atoms with Gasteiger partial charge in [0.15, 0.2) is 0 Å². The van der Waals surface area contributed by atoms with E-state index in [0.29, 0.717) is 11.6 Å². The third kappa shape index (κ3) is 2.90. The SMILES string of the molecule is CCOc1cc(S(=O)(=O)N2C[C@@H](O)[C@H](F)C2)ccc1Cl. The van der Waals surface area contributed by atoms with E-state index in [1.807, 2.05) is 0 Å². The van der Waals surface area contributed by atoms with Crippen molar-refractivity contribution in [1.29, 1.82) is 0 Å². The Morgan fingerprint density at radius 3 is 2.75 bits per heavy atom. The average Bonchev–Trinajstić information content (AvgIpc) is 2.73. The average molecular weight is 324 g/mol. The Hall–Kier alpha value is -0.890. The van der Waals surface area contributed by atoms with Gasteiger partial charge in [0, 0.05) is 19.2 Å². The first-order valence-corrected chi connectivity index (χ1v) is 7.92. The van der Waals surface area contributed by atoms with Crippen LogP contribution in [0, 0.1) is 0 Å². The highest BCUT2D eigenvalue weighted by Crippen LogP contribution is 2.30. The fraction of sp³-hybridized carbons (Fsp3) is 0.500. The molecule has 2 atom stereocenters. The van der Waals surface area contributed by atoms with Crippen LogP contribution < -0.4 is 4.74 Å². The lowest BCUT2D eigenvalue weighted by molar-refractivity contribution is 0.117. The Kier molecular flexibility index (Phi) is 4.53. The summed E-state index contributed by atoms with van der Waals surface area (Å²) in [6, 6.07) is 4.05. The summed E-state index contributed by atoms with van der Waals surface area (Å²) in [5.41, 5.74) is 0. The third-order valence-corrected chi connectivity index (χ3v) is 5.17. The number of alkyl halides is 1. The van der Waals surface area contributed by atoms with E-state index in [1.54, 1.807) is 6.92 Å². The molecule has 5 nitrogen and oxygen atoms in total. The normalized spacial score (nSPS) is 24.0. The monoisotopic (exact) mass is 323 g/mol. The summed E-state index contributed by atoms with van der Waals surface area (Å²) >= 11 is 5.90. The van der Waals surface area contributed by atoms with E-state index in [-0.39, 0.29) is 23.7 Å². The fourth-order valence-electron chi connectivity index (χ4n) is 1.97. The minimum absolute atomic E-state index is 0.0355. The van der Waals surface area contributed by atoms with Gasteiger partial charge in [-0.15, -0.1) is 0 Å². The van der Waals surface area contributed by atoms with Crippen molar-refractivity contribution in [3.63, 3.8) is 0 Å². The molecule has 1 aliphatic rings. The second-order valence-electron chi connectivity index (χ2n) is 4.43. The Morgan fingerprint density at radius 1 is 1.50 bits per heavy atom. The van der Waals surface area contributed by atoms with Crippen molar-refractivity contribution in [1.82, 2.24) is 4.31 Å². The molecule has 0 unspecified atom stereocenters. The molecule has 1 saturated heterocycles. The molecular formula is C12H15ClFNO4S. The van der Waals surface area contributed by atoms with Crippen LogP contribution in [0.4, 0.5) is 4.39 Å². The van der Waals surface area contributed by atoms with Gasteiger partial charge in [-0.05, 0) is 19.1 Å². The Labute approximate surface area is 122 Å². The predicted molar refractivity (Wildman–Crippen MR) is 72.3 cm³/mol. The highest BCUT2D eigenvalue weighted by atomic mass is 35.5. The van der Waals surface area contributed by atoms with E-state index in [4.69, 9.17) is 16.3 Å². The van der Waals surface area contributed by atoms with E-state index < -0.39 is 22.3 Å². The van der Waals surface area contributed by atoms with Gasteiger partial charge in [-0.1, -0.05) is 11.6 Å². The summed E-state index contributed by atoms with van der Waals surface area (Å²) in [5, 5.41) is 9.64. The lowest BCUT2D eigenvalue weighted by Gasteiger charge is -2.16. The van der Waals surface area contributed by atoms with Crippen LogP contribution in [0.15, 0.2) is 23.1 Å². The highest BCUT2D eigenvalue weighted by Gasteiger charge is 2.38. The fourth-order valence-corrected chi connectivity index (χ4v) is 3.62. The van der Waals surface area contributed by atoms with Crippen molar-refractivity contribution < 1.29 is 22.7 Å². The molecule has 1 N–H and O–H groups in total. The number of nitrogens with zero attached hydrogens (tertiary/aromatic N) is 1. The summed E-state index contributed by atoms with van der Waals surface area (Å²) in [7, 11) is -3.87. The number of benzene rings is 1. The van der Waals surface area contributed by atoms with Crippen molar-refractivity contribution in [2.24, 2.45) is 0 Å². The zero-order valence-electron chi connectivity index (χ0n) is 10.8. The molecule has 1 aromatic rings. The standard InChI is InChI=1S/C12H15ClFNO4S/c1-2-19-12-5-8(3-4-9(12)13)20(17,18)15-6-10(14)11(16)7-15/h3-5,10-11,16H,2,6-7H2,1H3/t10-,11-/m1/s1. The molecule has 8 heteroatoms. The number of sulfonamides is 1. The molecule has 1 heterocycles. The van der Waals surface area contributed by atoms with Crippen molar-refractivity contribution in [2.75, 3.05) is 19.7 Å². The summed E-state index contributed by atoms with van der Waals surface area (Å²) < 4.78 is 44.1. The van der Waals surface area contributed by atoms with Gasteiger partial charge in [0.1, 0.15) is 18.0 Å². The van der Waals surface area contributed by atoms with E-state index in [1.165, 1.54) is 18.2 Å². The maximum atomic E-state index is 13.3. The molecule has 2 rings (SSSR count). The van der Waals surface area contributed by atoms with Crippen LogP contribution in [0.25, 0.3) is 0 Å². The number of halogens is 2. The van der Waals surface area contributed by atoms with Crippen molar-refractivity contribution in [3.8, 4) is 5.75 Å². The lowest BCUT2D eigenvalue weighted by atomic mass is 10.3. The molecule has 112 valence electrons. The van der Waals surface area contributed by atoms with E-state index in [9.17, 15) is 17.9 Å². The highest BCUT2D eigenvalue weighted by molar-refractivity contribution is 7.89. The number of hydrogen-bond acceptors (Lipinski definition) is 4. The molecular weight excluding hydrogens is 309 g/mol. The minimum Gasteiger partial charge on any atom is -0.492 e. The van der Waals surface area contributed by atoms with Crippen LogP contribution in [0.2, 0.25) is 5.02 Å². The molecule has 1 aliphatic heterocycles. The molecule has 0 amide bonds. The molecule has 0 aromatic heterocycles. The number of rotatable bonds is 4. The molecule has 1 aromatic carbocycles. The largest absolute Gasteiger partial charge is 0.492 e. The zero-order chi connectivity index (χ0) is 14.9. The summed E-state index contributed by atoms with van der Waals surface area (Å²) in [5.74, 6) is 0.256. The number of β-amino-alcohol motifs (C(OH)–C–C–N with tert-alkyl or cyclic N) is 1. The maximum Gasteiger partial charge on any atom is 0.243 e. The van der Waals surface area contributed by atoms with Gasteiger partial charge in [-0.3, -0.25) is 0 Å². The van der Waals surface area contributed by atoms with Crippen LogP contribution in [0.1, 0.15) is 6.92 Å². The first-order chi connectivity index (χ1) is 9.36. The quantitative estimate of drug-likeness (QED) is 0.910. The molecule has 0 radical (unpaired) electrons. The molecule has 0 aliphatic carbocycles. The zero-order valence-corrected chi connectivity index (χ0v) is 12.4. The van der Waals surface area contributed by atoms with E-state index >= 15 is 0 Å². The molecule has 0 saturated carbocycles. The van der Waals surface area contributed by atoms with Crippen molar-refractivity contribution >= 4 is 21.6 Å². The molecule has 0 spiro atoms. The number of aliphatic hydroxyl groups excluding tert-OH is 1. The second-order valence-corrected chi connectivity index (χ2v) is 6.78. The molecule has 20 heavy (non-hydrogen) atoms. The van der Waals surface area contributed by atoms with Crippen molar-refractivity contribution in [2.45, 2.75) is 24.1 Å². The first-order valence-electron chi connectivity index (χ1n) is 6.11. The van der Waals surface area contributed by atoms with Gasteiger partial charge in [0.05, 0.1) is 16.5 Å². The Morgan fingerprint density at radius 2 is 2.20 bits per heavy atom. The van der Waals surface area contributed by atoms with Crippen molar-refractivity contribution in [3.05, 3.63) is 23.2 Å². The Balaban J connectivity index is 2.33. The molecule has 0 bridgehead atoms. The number of hydrogen-bond donors (Lipinski definition) is 1. The maximum absolute atomic E-state index is 13.3. The Bertz CT molecular complexity index is 585. The van der Waals surface area contributed by atoms with E-state index in [2.05, 4.69) is 0 Å². The van der Waals surface area contributed by atoms with Gasteiger partial charge >= 0.3 is 0 Å². The van der Waals surface area contributed by atoms with Gasteiger partial charge in [-0.2, -0.15) is 4.31 Å². The molecule has 1 fully saturated rings. The summed E-state index contributed by atoms with van der Waals surface area (Å²) in [6.07, 6.45) is -2.85. The van der Waals surface area contributed by atoms with Gasteiger partial charge in [-0.25, -0.2) is 12.8 Å². The van der Waals surface area contributed by atoms with Crippen LogP contribution in [0.3, 0.4) is 0 Å². The number of aliphatic hydroxyl groups is 1. The van der Waals surface area contributed by atoms with Gasteiger partial charge in [0.25, 0.3) is 0 Å². The van der Waals surface area contributed by atoms with Crippen LogP contribution >= 0.6 is 11.6 Å². The van der Waals surface area contributed by atoms with Crippen LogP contribution in [-0.2, 0) is 10.0 Å². The predicted octanol–water partition coefficient (Wildman–Crippen LogP) is 1.44. The van der Waals surface area contributed by atoms with Gasteiger partial charge < -0.3 is 9.84 Å². The topological polar surface area (TPSA) is 66.8 Å². The summed E-state index contributed by atoms with van der Waals surface area (Å²) in [4.78, 5) is -0.0355.